The van der Waals surface area contributed by atoms with Crippen LogP contribution in [0.4, 0.5) is 38.9 Å². The topological polar surface area (TPSA) is 141 Å². The van der Waals surface area contributed by atoms with Crippen LogP contribution in [0.1, 0.15) is 45.1 Å². The van der Waals surface area contributed by atoms with Gasteiger partial charge in [0.05, 0.1) is 41.4 Å². The van der Waals surface area contributed by atoms with Crippen molar-refractivity contribution in [3.05, 3.63) is 96.6 Å². The second-order valence-corrected chi connectivity index (χ2v) is 15.6. The number of rotatable bonds is 12. The van der Waals surface area contributed by atoms with Crippen molar-refractivity contribution >= 4 is 79.4 Å². The Bertz CT molecular complexity index is 2220. The summed E-state index contributed by atoms with van der Waals surface area (Å²) in [7, 11) is 0. The summed E-state index contributed by atoms with van der Waals surface area (Å²) in [5, 5.41) is 36.0. The molecule has 8 rings (SSSR count). The van der Waals surface area contributed by atoms with E-state index in [1.165, 1.54) is 0 Å². The third-order valence-electron chi connectivity index (χ3n) is 9.98. The molecule has 53 heavy (non-hydrogen) atoms. The Hall–Kier alpha value is -5.49. The summed E-state index contributed by atoms with van der Waals surface area (Å²) < 4.78 is 5.50. The number of azo groups is 2. The molecule has 3 aliphatic heterocycles. The van der Waals surface area contributed by atoms with Crippen LogP contribution >= 0.6 is 11.8 Å². The number of thioether (sulfide) groups is 1. The van der Waals surface area contributed by atoms with Gasteiger partial charge >= 0.3 is 12.0 Å². The number of benzene rings is 5. The average molecular weight is 727 g/mol. The van der Waals surface area contributed by atoms with E-state index in [4.69, 9.17) is 15.0 Å². The molecule has 0 aliphatic carbocycles. The van der Waals surface area contributed by atoms with Gasteiger partial charge in [-0.05, 0) is 74.7 Å². The van der Waals surface area contributed by atoms with Crippen molar-refractivity contribution < 1.29 is 14.3 Å². The van der Waals surface area contributed by atoms with Crippen LogP contribution in [0.15, 0.2) is 111 Å². The lowest BCUT2D eigenvalue weighted by Gasteiger charge is -2.36. The first-order chi connectivity index (χ1) is 25.8. The van der Waals surface area contributed by atoms with Gasteiger partial charge in [0.1, 0.15) is 5.66 Å². The third-order valence-corrected chi connectivity index (χ3v) is 11.5. The quantitative estimate of drug-likeness (QED) is 0.0437. The maximum atomic E-state index is 12.3. The van der Waals surface area contributed by atoms with Crippen molar-refractivity contribution in [2.24, 2.45) is 20.5 Å². The molecular formula is C41H42N8O3S. The van der Waals surface area contributed by atoms with Gasteiger partial charge in [0, 0.05) is 56.8 Å². The molecule has 2 fully saturated rings. The number of unbranched alkanes of at least 4 members (excludes halogenated alkanes) is 1. The molecule has 0 saturated carbocycles. The Balaban J connectivity index is 0.850. The minimum absolute atomic E-state index is 0.0652. The van der Waals surface area contributed by atoms with Crippen LogP contribution in [-0.2, 0) is 16.0 Å². The van der Waals surface area contributed by atoms with Crippen molar-refractivity contribution in [1.82, 2.24) is 10.6 Å². The van der Waals surface area contributed by atoms with Gasteiger partial charge < -0.3 is 26.0 Å². The van der Waals surface area contributed by atoms with Crippen LogP contribution in [0.5, 0.6) is 0 Å². The van der Waals surface area contributed by atoms with E-state index in [0.717, 1.165) is 86.2 Å². The predicted molar refractivity (Wildman–Crippen MR) is 213 cm³/mol. The summed E-state index contributed by atoms with van der Waals surface area (Å²) in [6.45, 7) is 4.57. The summed E-state index contributed by atoms with van der Waals surface area (Å²) in [5.74, 6) is 0.781. The number of nitrogens with one attached hydrogen (secondary N) is 4. The number of anilines is 2. The largest absolute Gasteiger partial charge is 0.465 e. The fourth-order valence-corrected chi connectivity index (χ4v) is 8.94. The summed E-state index contributed by atoms with van der Waals surface area (Å²) >= 11 is 1.90. The zero-order valence-corrected chi connectivity index (χ0v) is 30.6. The highest BCUT2D eigenvalue weighted by Gasteiger charge is 2.42. The summed E-state index contributed by atoms with van der Waals surface area (Å²) in [4.78, 5) is 23.9. The highest BCUT2D eigenvalue weighted by molar-refractivity contribution is 8.00. The molecule has 0 spiro atoms. The van der Waals surface area contributed by atoms with Crippen LogP contribution in [0, 0.1) is 0 Å². The number of amides is 2. The van der Waals surface area contributed by atoms with Gasteiger partial charge in [-0.2, -0.15) is 16.9 Å². The fourth-order valence-electron chi connectivity index (χ4n) is 7.39. The Morgan fingerprint density at radius 2 is 1.43 bits per heavy atom. The molecule has 2 amide bonds. The lowest BCUT2D eigenvalue weighted by Crippen LogP contribution is -2.41. The molecule has 0 unspecified atom stereocenters. The summed E-state index contributed by atoms with van der Waals surface area (Å²) in [5.41, 5.74) is 5.98. The van der Waals surface area contributed by atoms with Crippen LogP contribution in [-0.4, -0.2) is 47.4 Å². The number of carbonyl (C=O) groups excluding carboxylic acids is 2. The lowest BCUT2D eigenvalue weighted by atomic mass is 10.00. The smallest absolute Gasteiger partial charge is 0.315 e. The Morgan fingerprint density at radius 3 is 2.19 bits per heavy atom. The zero-order chi connectivity index (χ0) is 36.4. The maximum Gasteiger partial charge on any atom is 0.315 e. The number of fused-ring (bicyclic) bond motifs is 2. The molecule has 0 bridgehead atoms. The molecule has 270 valence electrons. The number of nitrogens with zero attached hydrogens (tertiary/aromatic N) is 4. The molecule has 3 heterocycles. The van der Waals surface area contributed by atoms with Crippen molar-refractivity contribution in [3.63, 3.8) is 0 Å². The van der Waals surface area contributed by atoms with Gasteiger partial charge in [0.2, 0.25) is 0 Å². The SMILES string of the molecule is CC1(C)Nc2cccc3c(N=Nc4ccc(N=Nc5ccc(CCOC(=O)CCCC[C@H]6SC[C@H]7NC(=O)N[C@H]76)cc5)c5ccccc45)ccc(c23)N1. The first-order valence-corrected chi connectivity index (χ1v) is 19.3. The third kappa shape index (κ3) is 7.68. The predicted octanol–water partition coefficient (Wildman–Crippen LogP) is 10.2. The normalized spacial score (nSPS) is 20.0. The van der Waals surface area contributed by atoms with E-state index in [9.17, 15) is 9.59 Å². The minimum Gasteiger partial charge on any atom is -0.465 e. The number of esters is 1. The van der Waals surface area contributed by atoms with E-state index in [2.05, 4.69) is 63.5 Å². The summed E-state index contributed by atoms with van der Waals surface area (Å²) in [6.07, 6.45) is 3.76. The van der Waals surface area contributed by atoms with E-state index in [1.807, 2.05) is 84.6 Å². The molecule has 11 nitrogen and oxygen atoms in total. The molecule has 3 atom stereocenters. The van der Waals surface area contributed by atoms with Gasteiger partial charge in [-0.1, -0.05) is 55.0 Å². The molecule has 0 radical (unpaired) electrons. The van der Waals surface area contributed by atoms with Crippen LogP contribution in [0.2, 0.25) is 0 Å². The van der Waals surface area contributed by atoms with Crippen LogP contribution in [0.25, 0.3) is 21.5 Å². The number of urea groups is 1. The monoisotopic (exact) mass is 726 g/mol. The van der Waals surface area contributed by atoms with E-state index < -0.39 is 0 Å². The van der Waals surface area contributed by atoms with E-state index >= 15 is 0 Å². The molecule has 0 aromatic heterocycles. The number of carbonyl (C=O) groups is 2. The van der Waals surface area contributed by atoms with Crippen molar-refractivity contribution in [2.45, 2.75) is 68.9 Å². The second kappa shape index (κ2) is 14.9. The van der Waals surface area contributed by atoms with Crippen LogP contribution in [0.3, 0.4) is 0 Å². The molecule has 4 N–H and O–H groups in total. The number of ether oxygens (including phenoxy) is 1. The van der Waals surface area contributed by atoms with Gasteiger partial charge in [0.15, 0.2) is 0 Å². The zero-order valence-electron chi connectivity index (χ0n) is 29.8. The van der Waals surface area contributed by atoms with E-state index in [-0.39, 0.29) is 29.7 Å². The van der Waals surface area contributed by atoms with E-state index in [0.29, 0.717) is 24.7 Å². The number of hydrogen-bond acceptors (Lipinski definition) is 10. The Kier molecular flexibility index (Phi) is 9.70. The molecule has 5 aromatic rings. The maximum absolute atomic E-state index is 12.3. The van der Waals surface area contributed by atoms with Crippen molar-refractivity contribution in [3.8, 4) is 0 Å². The Morgan fingerprint density at radius 1 is 0.774 bits per heavy atom. The molecule has 12 heteroatoms. The molecular weight excluding hydrogens is 685 g/mol. The number of hydrogen-bond donors (Lipinski definition) is 4. The van der Waals surface area contributed by atoms with Gasteiger partial charge in [-0.15, -0.1) is 15.3 Å². The van der Waals surface area contributed by atoms with Crippen molar-refractivity contribution in [1.29, 1.82) is 0 Å². The fraction of sp³-hybridized carbons (Fsp3) is 0.317. The lowest BCUT2D eigenvalue weighted by molar-refractivity contribution is -0.143. The second-order valence-electron chi connectivity index (χ2n) is 14.3. The first-order valence-electron chi connectivity index (χ1n) is 18.2. The van der Waals surface area contributed by atoms with Crippen LogP contribution < -0.4 is 21.3 Å². The van der Waals surface area contributed by atoms with Gasteiger partial charge in [0.25, 0.3) is 0 Å². The average Bonchev–Trinajstić information content (AvgIpc) is 3.71. The molecule has 2 saturated heterocycles. The standard InChI is InChI=1S/C41H42N8O3S/c1-41(2)44-33-11-7-10-29-32(20-21-34(45-41)38(29)33)49-48-31-19-18-30(27-8-3-4-9-28(27)31)47-46-26-16-14-25(15-17-26)22-23-52-37(50)13-6-5-12-36-39-35(24-53-36)42-40(51)43-39/h3-4,7-11,14-21,35-36,39,44-45H,5-6,12-13,22-24H2,1-2H3,(H2,42,43,51)/t35-,36-,39-/m1/s1. The Labute approximate surface area is 312 Å². The highest BCUT2D eigenvalue weighted by Crippen LogP contribution is 2.42. The van der Waals surface area contributed by atoms with Gasteiger partial charge in [-0.25, -0.2) is 4.79 Å². The van der Waals surface area contributed by atoms with Crippen molar-refractivity contribution in [2.75, 3.05) is 23.0 Å². The van der Waals surface area contributed by atoms with Gasteiger partial charge in [-0.3, -0.25) is 4.79 Å². The molecule has 3 aliphatic rings. The molecule has 5 aromatic carbocycles. The summed E-state index contributed by atoms with van der Waals surface area (Å²) in [6, 6.07) is 30.3. The highest BCUT2D eigenvalue weighted by atomic mass is 32.2. The first kappa shape index (κ1) is 34.6. The van der Waals surface area contributed by atoms with E-state index in [1.54, 1.807) is 0 Å². The minimum atomic E-state index is -0.249.